The van der Waals surface area contributed by atoms with Crippen LogP contribution in [0.4, 0.5) is 5.69 Å². The smallest absolute Gasteiger partial charge is 0.341 e. The SMILES string of the molecule is Cc1cc([N+](=O)[O-])ccc1Oc1cccc(Cl)c1C(=O)O. The Morgan fingerprint density at radius 1 is 1.29 bits per heavy atom. The number of carboxylic acid groups (broad SMARTS) is 1. The maximum absolute atomic E-state index is 11.2. The van der Waals surface area contributed by atoms with E-state index in [1.165, 1.54) is 30.3 Å². The van der Waals surface area contributed by atoms with Gasteiger partial charge in [-0.2, -0.15) is 0 Å². The number of rotatable bonds is 4. The molecule has 0 spiro atoms. The van der Waals surface area contributed by atoms with E-state index in [4.69, 9.17) is 21.4 Å². The Bertz CT molecular complexity index is 729. The molecule has 0 amide bonds. The van der Waals surface area contributed by atoms with Crippen molar-refractivity contribution < 1.29 is 19.6 Å². The Morgan fingerprint density at radius 2 is 2.00 bits per heavy atom. The summed E-state index contributed by atoms with van der Waals surface area (Å²) in [4.78, 5) is 21.4. The molecule has 0 bridgehead atoms. The highest BCUT2D eigenvalue weighted by Crippen LogP contribution is 2.33. The minimum absolute atomic E-state index is 0.0552. The zero-order chi connectivity index (χ0) is 15.6. The summed E-state index contributed by atoms with van der Waals surface area (Å²) in [5.41, 5.74) is 0.293. The van der Waals surface area contributed by atoms with Crippen LogP contribution in [0, 0.1) is 17.0 Å². The molecule has 0 radical (unpaired) electrons. The van der Waals surface area contributed by atoms with Crippen LogP contribution in [0.2, 0.25) is 5.02 Å². The molecule has 2 aromatic rings. The van der Waals surface area contributed by atoms with Crippen molar-refractivity contribution >= 4 is 23.3 Å². The van der Waals surface area contributed by atoms with Gasteiger partial charge in [0.05, 0.1) is 9.95 Å². The first kappa shape index (κ1) is 14.8. The Balaban J connectivity index is 2.42. The van der Waals surface area contributed by atoms with Gasteiger partial charge in [0.25, 0.3) is 5.69 Å². The van der Waals surface area contributed by atoms with Gasteiger partial charge in [-0.3, -0.25) is 10.1 Å². The number of aryl methyl sites for hydroxylation is 1. The maximum atomic E-state index is 11.2. The van der Waals surface area contributed by atoms with Crippen LogP contribution in [0.1, 0.15) is 15.9 Å². The van der Waals surface area contributed by atoms with Gasteiger partial charge in [0.2, 0.25) is 0 Å². The van der Waals surface area contributed by atoms with E-state index < -0.39 is 10.9 Å². The first-order valence-corrected chi connectivity index (χ1v) is 6.22. The average Bonchev–Trinajstić information content (AvgIpc) is 2.40. The fraction of sp³-hybridized carbons (Fsp3) is 0.0714. The molecule has 2 aromatic carbocycles. The van der Waals surface area contributed by atoms with Gasteiger partial charge in [-0.15, -0.1) is 0 Å². The van der Waals surface area contributed by atoms with E-state index in [2.05, 4.69) is 0 Å². The minimum atomic E-state index is -1.21. The summed E-state index contributed by atoms with van der Waals surface area (Å²) in [7, 11) is 0. The lowest BCUT2D eigenvalue weighted by Gasteiger charge is -2.11. The molecule has 108 valence electrons. The van der Waals surface area contributed by atoms with Gasteiger partial charge in [-0.25, -0.2) is 4.79 Å². The third-order valence-electron chi connectivity index (χ3n) is 2.78. The van der Waals surface area contributed by atoms with Crippen molar-refractivity contribution in [2.75, 3.05) is 0 Å². The number of carbonyl (C=O) groups is 1. The minimum Gasteiger partial charge on any atom is -0.478 e. The fourth-order valence-corrected chi connectivity index (χ4v) is 2.02. The van der Waals surface area contributed by atoms with Crippen LogP contribution in [0.5, 0.6) is 11.5 Å². The van der Waals surface area contributed by atoms with Crippen molar-refractivity contribution in [2.45, 2.75) is 6.92 Å². The summed E-state index contributed by atoms with van der Waals surface area (Å²) >= 11 is 5.85. The third-order valence-corrected chi connectivity index (χ3v) is 3.09. The van der Waals surface area contributed by atoms with Crippen LogP contribution < -0.4 is 4.74 Å². The molecule has 0 saturated heterocycles. The second kappa shape index (κ2) is 5.80. The number of hydrogen-bond donors (Lipinski definition) is 1. The molecular formula is C14H10ClNO5. The molecule has 0 heterocycles. The number of carboxylic acids is 1. The number of hydrogen-bond acceptors (Lipinski definition) is 4. The number of nitro groups is 1. The lowest BCUT2D eigenvalue weighted by Crippen LogP contribution is -2.01. The van der Waals surface area contributed by atoms with Crippen LogP contribution in [-0.4, -0.2) is 16.0 Å². The molecule has 0 atom stereocenters. The average molecular weight is 308 g/mol. The molecule has 0 fully saturated rings. The summed E-state index contributed by atoms with van der Waals surface area (Å²) in [5.74, 6) is -0.813. The monoisotopic (exact) mass is 307 g/mol. The Hall–Kier alpha value is -2.60. The molecule has 0 aliphatic heterocycles. The van der Waals surface area contributed by atoms with Crippen LogP contribution >= 0.6 is 11.6 Å². The second-order valence-corrected chi connectivity index (χ2v) is 4.63. The number of halogens is 1. The summed E-state index contributed by atoms with van der Waals surface area (Å²) in [5, 5.41) is 19.9. The van der Waals surface area contributed by atoms with E-state index in [1.807, 2.05) is 0 Å². The van der Waals surface area contributed by atoms with E-state index in [9.17, 15) is 14.9 Å². The van der Waals surface area contributed by atoms with Gasteiger partial charge < -0.3 is 9.84 Å². The molecule has 0 aliphatic carbocycles. The number of nitro benzene ring substituents is 1. The number of ether oxygens (including phenoxy) is 1. The van der Waals surface area contributed by atoms with E-state index in [1.54, 1.807) is 13.0 Å². The van der Waals surface area contributed by atoms with Crippen molar-refractivity contribution in [2.24, 2.45) is 0 Å². The van der Waals surface area contributed by atoms with Crippen LogP contribution in [0.15, 0.2) is 36.4 Å². The zero-order valence-corrected chi connectivity index (χ0v) is 11.6. The Labute approximate surface area is 124 Å². The Morgan fingerprint density at radius 3 is 2.57 bits per heavy atom. The molecule has 21 heavy (non-hydrogen) atoms. The molecule has 1 N–H and O–H groups in total. The molecular weight excluding hydrogens is 298 g/mol. The van der Waals surface area contributed by atoms with Gasteiger partial charge >= 0.3 is 5.97 Å². The number of aromatic carboxylic acids is 1. The molecule has 0 saturated carbocycles. The van der Waals surface area contributed by atoms with E-state index in [-0.39, 0.29) is 22.0 Å². The number of non-ortho nitro benzene ring substituents is 1. The van der Waals surface area contributed by atoms with Gasteiger partial charge in [0.15, 0.2) is 0 Å². The summed E-state index contributed by atoms with van der Waals surface area (Å²) in [6.07, 6.45) is 0. The number of nitrogens with zero attached hydrogens (tertiary/aromatic N) is 1. The van der Waals surface area contributed by atoms with Crippen molar-refractivity contribution in [1.29, 1.82) is 0 Å². The maximum Gasteiger partial charge on any atom is 0.341 e. The van der Waals surface area contributed by atoms with Crippen molar-refractivity contribution in [3.05, 3.63) is 62.7 Å². The highest BCUT2D eigenvalue weighted by molar-refractivity contribution is 6.33. The van der Waals surface area contributed by atoms with Crippen LogP contribution in [-0.2, 0) is 0 Å². The first-order valence-electron chi connectivity index (χ1n) is 5.85. The quantitative estimate of drug-likeness (QED) is 0.680. The predicted octanol–water partition coefficient (Wildman–Crippen LogP) is 4.05. The van der Waals surface area contributed by atoms with Gasteiger partial charge in [-0.1, -0.05) is 17.7 Å². The second-order valence-electron chi connectivity index (χ2n) is 4.23. The number of benzene rings is 2. The molecule has 7 heteroatoms. The highest BCUT2D eigenvalue weighted by Gasteiger charge is 2.17. The van der Waals surface area contributed by atoms with E-state index >= 15 is 0 Å². The van der Waals surface area contributed by atoms with Crippen LogP contribution in [0.3, 0.4) is 0 Å². The first-order chi connectivity index (χ1) is 9.90. The normalized spacial score (nSPS) is 10.2. The lowest BCUT2D eigenvalue weighted by molar-refractivity contribution is -0.384. The topological polar surface area (TPSA) is 89.7 Å². The zero-order valence-electron chi connectivity index (χ0n) is 10.9. The van der Waals surface area contributed by atoms with Crippen molar-refractivity contribution in [3.63, 3.8) is 0 Å². The predicted molar refractivity (Wildman–Crippen MR) is 76.3 cm³/mol. The highest BCUT2D eigenvalue weighted by atomic mass is 35.5. The van der Waals surface area contributed by atoms with Crippen LogP contribution in [0.25, 0.3) is 0 Å². The lowest BCUT2D eigenvalue weighted by atomic mass is 10.2. The molecule has 0 aliphatic rings. The van der Waals surface area contributed by atoms with Gasteiger partial charge in [-0.05, 0) is 30.7 Å². The summed E-state index contributed by atoms with van der Waals surface area (Å²) in [6, 6.07) is 8.52. The molecule has 0 unspecified atom stereocenters. The van der Waals surface area contributed by atoms with E-state index in [0.717, 1.165) is 0 Å². The van der Waals surface area contributed by atoms with Gasteiger partial charge in [0.1, 0.15) is 17.1 Å². The van der Waals surface area contributed by atoms with Crippen molar-refractivity contribution in [3.8, 4) is 11.5 Å². The molecule has 0 aromatic heterocycles. The third kappa shape index (κ3) is 3.11. The molecule has 6 nitrogen and oxygen atoms in total. The largest absolute Gasteiger partial charge is 0.478 e. The summed E-state index contributed by atoms with van der Waals surface area (Å²) < 4.78 is 5.53. The Kier molecular flexibility index (Phi) is 4.09. The van der Waals surface area contributed by atoms with Gasteiger partial charge in [0, 0.05) is 12.1 Å². The van der Waals surface area contributed by atoms with E-state index in [0.29, 0.717) is 11.3 Å². The summed E-state index contributed by atoms with van der Waals surface area (Å²) in [6.45, 7) is 1.63. The van der Waals surface area contributed by atoms with Crippen molar-refractivity contribution in [1.82, 2.24) is 0 Å². The molecule has 2 rings (SSSR count). The standard InChI is InChI=1S/C14H10ClNO5/c1-8-7-9(16(19)20)5-6-11(8)21-12-4-2-3-10(15)13(12)14(17)18/h2-7H,1H3,(H,17,18). The fourth-order valence-electron chi connectivity index (χ4n) is 1.78.